The van der Waals surface area contributed by atoms with Gasteiger partial charge < -0.3 is 14.8 Å². The smallest absolute Gasteiger partial charge is 0.174 e. The molecule has 2 unspecified atom stereocenters. The summed E-state index contributed by atoms with van der Waals surface area (Å²) in [4.78, 5) is 6.87. The van der Waals surface area contributed by atoms with Crippen LogP contribution in [0, 0.1) is 27.7 Å². The van der Waals surface area contributed by atoms with Crippen molar-refractivity contribution in [2.24, 2.45) is 0 Å². The van der Waals surface area contributed by atoms with E-state index in [0.29, 0.717) is 10.1 Å². The monoisotopic (exact) mass is 486 g/mol. The molecule has 4 nitrogen and oxygen atoms in total. The molecule has 1 aliphatic heterocycles. The molecule has 1 N–H and O–H groups in total. The van der Waals surface area contributed by atoms with Gasteiger partial charge in [0.2, 0.25) is 0 Å². The minimum atomic E-state index is -0.0862. The predicted octanol–water partition coefficient (Wildman–Crippen LogP) is 6.94. The maximum absolute atomic E-state index is 6.20. The molecule has 0 bridgehead atoms. The van der Waals surface area contributed by atoms with Crippen LogP contribution in [0.3, 0.4) is 0 Å². The Morgan fingerprint density at radius 2 is 1.71 bits per heavy atom. The van der Waals surface area contributed by atoms with Crippen molar-refractivity contribution >= 4 is 34.6 Å². The van der Waals surface area contributed by atoms with Crippen LogP contribution in [0.2, 0.25) is 5.02 Å². The van der Waals surface area contributed by atoms with Gasteiger partial charge >= 0.3 is 0 Å². The molecule has 2 aromatic carbocycles. The quantitative estimate of drug-likeness (QED) is 0.317. The zero-order valence-electron chi connectivity index (χ0n) is 19.7. The van der Waals surface area contributed by atoms with Crippen LogP contribution in [-0.4, -0.2) is 14.7 Å². The third-order valence-corrected chi connectivity index (χ3v) is 7.38. The number of benzene rings is 2. The molecule has 172 valence electrons. The molecule has 0 aliphatic carbocycles. The summed E-state index contributed by atoms with van der Waals surface area (Å²) in [5.41, 5.74) is 9.34. The fraction of sp³-hybridized carbons (Fsp3) is 0.214. The number of anilines is 1. The first-order valence-electron chi connectivity index (χ1n) is 11.4. The lowest BCUT2D eigenvalue weighted by Crippen LogP contribution is -2.29. The third-order valence-electron chi connectivity index (χ3n) is 6.81. The van der Waals surface area contributed by atoms with Gasteiger partial charge in [0.15, 0.2) is 5.11 Å². The first kappa shape index (κ1) is 22.6. The van der Waals surface area contributed by atoms with E-state index in [2.05, 4.69) is 77.8 Å². The number of halogens is 1. The highest BCUT2D eigenvalue weighted by atomic mass is 35.5. The van der Waals surface area contributed by atoms with Crippen LogP contribution in [-0.2, 0) is 0 Å². The highest BCUT2D eigenvalue weighted by Gasteiger charge is 2.42. The molecule has 0 saturated carbocycles. The van der Waals surface area contributed by atoms with E-state index in [-0.39, 0.29) is 12.1 Å². The minimum absolute atomic E-state index is 0.0614. The van der Waals surface area contributed by atoms with Crippen molar-refractivity contribution in [3.63, 3.8) is 0 Å². The van der Waals surface area contributed by atoms with E-state index < -0.39 is 0 Å². The molecule has 5 rings (SSSR count). The number of rotatable bonds is 4. The van der Waals surface area contributed by atoms with Crippen LogP contribution in [0.4, 0.5) is 5.69 Å². The number of thiocarbonyl (C=S) groups is 1. The Hall–Kier alpha value is -3.15. The number of pyridine rings is 1. The molecule has 1 saturated heterocycles. The average Bonchev–Trinajstić information content (AvgIpc) is 3.32. The molecule has 6 heteroatoms. The number of hydrogen-bond donors (Lipinski definition) is 1. The molecule has 34 heavy (non-hydrogen) atoms. The van der Waals surface area contributed by atoms with Crippen molar-refractivity contribution in [3.05, 3.63) is 112 Å². The second-order valence-electron chi connectivity index (χ2n) is 8.85. The Morgan fingerprint density at radius 3 is 2.41 bits per heavy atom. The maximum Gasteiger partial charge on any atom is 0.174 e. The zero-order valence-corrected chi connectivity index (χ0v) is 21.3. The molecular weight excluding hydrogens is 460 g/mol. The number of hydrogen-bond acceptors (Lipinski definition) is 2. The van der Waals surface area contributed by atoms with Crippen molar-refractivity contribution in [2.45, 2.75) is 39.8 Å². The Bertz CT molecular complexity index is 1360. The van der Waals surface area contributed by atoms with Crippen LogP contribution < -0.4 is 10.2 Å². The van der Waals surface area contributed by atoms with Crippen LogP contribution in [0.25, 0.3) is 5.69 Å². The summed E-state index contributed by atoms with van der Waals surface area (Å²) in [6.45, 7) is 8.71. The summed E-state index contributed by atoms with van der Waals surface area (Å²) in [6.07, 6.45) is 1.83. The minimum Gasteiger partial charge on any atom is -0.351 e. The van der Waals surface area contributed by atoms with E-state index in [4.69, 9.17) is 23.8 Å². The van der Waals surface area contributed by atoms with Gasteiger partial charge in [-0.2, -0.15) is 0 Å². The van der Waals surface area contributed by atoms with Gasteiger partial charge in [-0.3, -0.25) is 4.98 Å². The molecule has 3 heterocycles. The third kappa shape index (κ3) is 3.79. The first-order valence-corrected chi connectivity index (χ1v) is 12.2. The van der Waals surface area contributed by atoms with Gasteiger partial charge in [-0.1, -0.05) is 29.8 Å². The number of aromatic nitrogens is 2. The molecule has 1 fully saturated rings. The van der Waals surface area contributed by atoms with Gasteiger partial charge in [0.25, 0.3) is 0 Å². The average molecular weight is 487 g/mol. The van der Waals surface area contributed by atoms with Crippen molar-refractivity contribution < 1.29 is 0 Å². The largest absolute Gasteiger partial charge is 0.351 e. The molecule has 4 aromatic rings. The number of nitrogens with one attached hydrogen (secondary N) is 1. The topological polar surface area (TPSA) is 33.1 Å². The molecule has 2 aromatic heterocycles. The van der Waals surface area contributed by atoms with Gasteiger partial charge in [-0.05, 0) is 105 Å². The van der Waals surface area contributed by atoms with E-state index in [9.17, 15) is 0 Å². The van der Waals surface area contributed by atoms with Gasteiger partial charge in [0.1, 0.15) is 0 Å². The van der Waals surface area contributed by atoms with E-state index in [1.165, 1.54) is 33.8 Å². The van der Waals surface area contributed by atoms with Crippen LogP contribution in [0.5, 0.6) is 0 Å². The highest BCUT2D eigenvalue weighted by molar-refractivity contribution is 7.80. The van der Waals surface area contributed by atoms with Crippen LogP contribution in [0.15, 0.2) is 72.9 Å². The highest BCUT2D eigenvalue weighted by Crippen LogP contribution is 2.44. The first-order chi connectivity index (χ1) is 16.4. The molecule has 0 amide bonds. The van der Waals surface area contributed by atoms with E-state index >= 15 is 0 Å². The van der Waals surface area contributed by atoms with Crippen molar-refractivity contribution in [3.8, 4) is 5.69 Å². The molecule has 1 aliphatic rings. The normalized spacial score (nSPS) is 17.8. The Morgan fingerprint density at radius 1 is 0.941 bits per heavy atom. The Labute approximate surface area is 211 Å². The van der Waals surface area contributed by atoms with Gasteiger partial charge in [-0.15, -0.1) is 0 Å². The Kier molecular flexibility index (Phi) is 5.92. The summed E-state index contributed by atoms with van der Waals surface area (Å²) >= 11 is 12.1. The lowest BCUT2D eigenvalue weighted by atomic mass is 9.96. The summed E-state index contributed by atoms with van der Waals surface area (Å²) in [6, 6.07) is 22.5. The molecule has 0 radical (unpaired) electrons. The number of aryl methyl sites for hydroxylation is 2. The van der Waals surface area contributed by atoms with Gasteiger partial charge in [-0.25, -0.2) is 0 Å². The fourth-order valence-corrected chi connectivity index (χ4v) is 5.46. The van der Waals surface area contributed by atoms with E-state index in [1.807, 2.05) is 42.6 Å². The lowest BCUT2D eigenvalue weighted by molar-refractivity contribution is 0.565. The summed E-state index contributed by atoms with van der Waals surface area (Å²) in [7, 11) is 0. The van der Waals surface area contributed by atoms with E-state index in [0.717, 1.165) is 11.4 Å². The zero-order chi connectivity index (χ0) is 24.0. The summed E-state index contributed by atoms with van der Waals surface area (Å²) in [5.74, 6) is 0. The van der Waals surface area contributed by atoms with Crippen molar-refractivity contribution in [1.29, 1.82) is 0 Å². The van der Waals surface area contributed by atoms with E-state index in [1.54, 1.807) is 0 Å². The second kappa shape index (κ2) is 8.90. The summed E-state index contributed by atoms with van der Waals surface area (Å²) in [5, 5.41) is 4.93. The standard InChI is InChI=1S/C28H27ClN4S/c1-17-8-7-10-25(19(17)3)32-18(2)16-23(20(32)4)27-26(24-9-5-6-15-30-24)31-28(34)33(27)22-13-11-21(29)12-14-22/h5-16,26-27H,1-4H3,(H,31,34). The number of nitrogens with zero attached hydrogens (tertiary/aromatic N) is 3. The van der Waals surface area contributed by atoms with Crippen LogP contribution in [0.1, 0.15) is 45.9 Å². The molecular formula is C28H27ClN4S. The SMILES string of the molecule is Cc1cccc(-n2c(C)cc(C3C(c4ccccn4)NC(=S)N3c3ccc(Cl)cc3)c2C)c1C. The van der Waals surface area contributed by atoms with Gasteiger partial charge in [0, 0.05) is 34.0 Å². The lowest BCUT2D eigenvalue weighted by Gasteiger charge is -2.28. The predicted molar refractivity (Wildman–Crippen MR) is 144 cm³/mol. The molecule has 2 atom stereocenters. The Balaban J connectivity index is 1.70. The van der Waals surface area contributed by atoms with Crippen molar-refractivity contribution in [1.82, 2.24) is 14.9 Å². The fourth-order valence-electron chi connectivity index (χ4n) is 4.99. The summed E-state index contributed by atoms with van der Waals surface area (Å²) < 4.78 is 2.36. The van der Waals surface area contributed by atoms with Crippen LogP contribution >= 0.6 is 23.8 Å². The van der Waals surface area contributed by atoms with Gasteiger partial charge in [0.05, 0.1) is 17.8 Å². The maximum atomic E-state index is 6.20. The van der Waals surface area contributed by atoms with Crippen molar-refractivity contribution in [2.75, 3.05) is 4.90 Å². The molecule has 0 spiro atoms. The second-order valence-corrected chi connectivity index (χ2v) is 9.68.